The number of carbonyl (C=O) groups is 1. The van der Waals surface area contributed by atoms with Crippen molar-refractivity contribution in [3.05, 3.63) is 83.7 Å². The molecule has 0 spiro atoms. The van der Waals surface area contributed by atoms with Crippen molar-refractivity contribution < 1.29 is 14.3 Å². The van der Waals surface area contributed by atoms with E-state index in [1.165, 1.54) is 0 Å². The third kappa shape index (κ3) is 4.09. The topological polar surface area (TPSA) is 60.5 Å². The van der Waals surface area contributed by atoms with Gasteiger partial charge in [-0.2, -0.15) is 0 Å². The highest BCUT2D eigenvalue weighted by Gasteiger charge is 2.51. The van der Waals surface area contributed by atoms with E-state index >= 15 is 0 Å². The van der Waals surface area contributed by atoms with Gasteiger partial charge in [-0.15, -0.1) is 0 Å². The molecule has 1 amide bonds. The summed E-state index contributed by atoms with van der Waals surface area (Å²) in [4.78, 5) is 17.2. The highest BCUT2D eigenvalue weighted by molar-refractivity contribution is 6.01. The maximum Gasteiger partial charge on any atom is 0.235 e. The number of ether oxygens (including phenoxy) is 2. The Hall–Kier alpha value is -3.34. The van der Waals surface area contributed by atoms with Gasteiger partial charge in [0, 0.05) is 29.7 Å². The van der Waals surface area contributed by atoms with Crippen LogP contribution in [0.2, 0.25) is 0 Å². The molecular weight excluding hydrogens is 364 g/mol. The fraction of sp³-hybridized carbons (Fsp3) is 0.250. The first-order valence-electron chi connectivity index (χ1n) is 9.69. The van der Waals surface area contributed by atoms with Gasteiger partial charge in [0.1, 0.15) is 6.61 Å². The molecule has 0 unspecified atom stereocenters. The van der Waals surface area contributed by atoms with Gasteiger partial charge in [0.15, 0.2) is 11.5 Å². The number of nitrogens with one attached hydrogen (secondary N) is 1. The molecule has 1 aliphatic carbocycles. The monoisotopic (exact) mass is 388 g/mol. The highest BCUT2D eigenvalue weighted by Crippen LogP contribution is 2.49. The van der Waals surface area contributed by atoms with Gasteiger partial charge in [-0.05, 0) is 43.5 Å². The number of aryl methyl sites for hydroxylation is 1. The largest absolute Gasteiger partial charge is 0.493 e. The predicted molar refractivity (Wildman–Crippen MR) is 112 cm³/mol. The fourth-order valence-electron chi connectivity index (χ4n) is 3.48. The molecule has 29 heavy (non-hydrogen) atoms. The lowest BCUT2D eigenvalue weighted by Crippen LogP contribution is -2.27. The SMILES string of the molecule is COc1ccc(NC(=O)C2(c3cccc(C)c3)CC2)cc1OCc1cccnc1. The van der Waals surface area contributed by atoms with Gasteiger partial charge in [-0.3, -0.25) is 9.78 Å². The van der Waals surface area contributed by atoms with Crippen LogP contribution in [0, 0.1) is 6.92 Å². The van der Waals surface area contributed by atoms with Crippen LogP contribution < -0.4 is 14.8 Å². The smallest absolute Gasteiger partial charge is 0.235 e. The van der Waals surface area contributed by atoms with Crippen LogP contribution in [0.3, 0.4) is 0 Å². The molecule has 2 aromatic carbocycles. The van der Waals surface area contributed by atoms with Crippen LogP contribution >= 0.6 is 0 Å². The molecule has 0 bridgehead atoms. The molecule has 0 saturated heterocycles. The summed E-state index contributed by atoms with van der Waals surface area (Å²) in [6.07, 6.45) is 5.21. The molecule has 1 fully saturated rings. The molecule has 148 valence electrons. The second-order valence-electron chi connectivity index (χ2n) is 7.42. The number of methoxy groups -OCH3 is 1. The van der Waals surface area contributed by atoms with E-state index in [4.69, 9.17) is 9.47 Å². The standard InChI is InChI=1S/C24H24N2O3/c1-17-5-3-7-19(13-17)24(10-11-24)23(27)26-20-8-9-21(28-2)22(14-20)29-16-18-6-4-12-25-15-18/h3-9,12-15H,10-11,16H2,1-2H3,(H,26,27). The van der Waals surface area contributed by atoms with Crippen molar-refractivity contribution in [2.24, 2.45) is 0 Å². The van der Waals surface area contributed by atoms with Crippen molar-refractivity contribution in [3.8, 4) is 11.5 Å². The van der Waals surface area contributed by atoms with E-state index < -0.39 is 5.41 Å². The maximum absolute atomic E-state index is 13.1. The lowest BCUT2D eigenvalue weighted by Gasteiger charge is -2.18. The summed E-state index contributed by atoms with van der Waals surface area (Å²) in [6, 6.07) is 17.5. The minimum atomic E-state index is -0.428. The van der Waals surface area contributed by atoms with E-state index in [0.717, 1.165) is 29.5 Å². The van der Waals surface area contributed by atoms with Gasteiger partial charge >= 0.3 is 0 Å². The van der Waals surface area contributed by atoms with Crippen LogP contribution in [0.5, 0.6) is 11.5 Å². The summed E-state index contributed by atoms with van der Waals surface area (Å²) in [7, 11) is 1.60. The number of aromatic nitrogens is 1. The summed E-state index contributed by atoms with van der Waals surface area (Å²) in [6.45, 7) is 2.42. The second kappa shape index (κ2) is 7.95. The summed E-state index contributed by atoms with van der Waals surface area (Å²) in [5, 5.41) is 3.07. The Kier molecular flexibility index (Phi) is 5.21. The summed E-state index contributed by atoms with van der Waals surface area (Å²) in [5.74, 6) is 1.22. The van der Waals surface area contributed by atoms with Gasteiger partial charge in [-0.1, -0.05) is 35.9 Å². The number of amides is 1. The van der Waals surface area contributed by atoms with Crippen molar-refractivity contribution in [2.45, 2.75) is 31.8 Å². The van der Waals surface area contributed by atoms with Gasteiger partial charge in [0.2, 0.25) is 5.91 Å². The average Bonchev–Trinajstić information content (AvgIpc) is 3.55. The first-order valence-corrected chi connectivity index (χ1v) is 9.69. The lowest BCUT2D eigenvalue weighted by atomic mass is 9.93. The van der Waals surface area contributed by atoms with Crippen molar-refractivity contribution >= 4 is 11.6 Å². The Morgan fingerprint density at radius 1 is 1.10 bits per heavy atom. The number of benzene rings is 2. The van der Waals surface area contributed by atoms with E-state index in [0.29, 0.717) is 23.8 Å². The third-order valence-electron chi connectivity index (χ3n) is 5.29. The fourth-order valence-corrected chi connectivity index (χ4v) is 3.48. The van der Waals surface area contributed by atoms with E-state index in [1.807, 2.05) is 43.3 Å². The molecule has 5 nitrogen and oxygen atoms in total. The van der Waals surface area contributed by atoms with Crippen molar-refractivity contribution in [3.63, 3.8) is 0 Å². The molecule has 3 aromatic rings. The number of hydrogen-bond donors (Lipinski definition) is 1. The lowest BCUT2D eigenvalue weighted by molar-refractivity contribution is -0.118. The zero-order valence-corrected chi connectivity index (χ0v) is 16.6. The van der Waals surface area contributed by atoms with Gasteiger partial charge < -0.3 is 14.8 Å². The van der Waals surface area contributed by atoms with Crippen LogP contribution in [0.4, 0.5) is 5.69 Å². The molecular formula is C24H24N2O3. The Morgan fingerprint density at radius 2 is 1.97 bits per heavy atom. The number of nitrogens with zero attached hydrogens (tertiary/aromatic N) is 1. The van der Waals surface area contributed by atoms with Crippen LogP contribution in [0.25, 0.3) is 0 Å². The minimum Gasteiger partial charge on any atom is -0.493 e. The Morgan fingerprint density at radius 3 is 2.66 bits per heavy atom. The minimum absolute atomic E-state index is 0.0199. The van der Waals surface area contributed by atoms with Gasteiger partial charge in [0.25, 0.3) is 0 Å². The normalized spacial score (nSPS) is 14.1. The second-order valence-corrected chi connectivity index (χ2v) is 7.42. The first kappa shape index (κ1) is 19.0. The molecule has 4 rings (SSSR count). The number of carbonyl (C=O) groups excluding carboxylic acids is 1. The van der Waals surface area contributed by atoms with E-state index in [1.54, 1.807) is 31.6 Å². The molecule has 5 heteroatoms. The van der Waals surface area contributed by atoms with Crippen LogP contribution in [-0.2, 0) is 16.8 Å². The highest BCUT2D eigenvalue weighted by atomic mass is 16.5. The van der Waals surface area contributed by atoms with Crippen LogP contribution in [0.1, 0.15) is 29.5 Å². The zero-order chi connectivity index (χ0) is 20.3. The van der Waals surface area contributed by atoms with Crippen molar-refractivity contribution in [1.29, 1.82) is 0 Å². The third-order valence-corrected chi connectivity index (χ3v) is 5.29. The Bertz CT molecular complexity index is 1010. The number of anilines is 1. The molecule has 1 aromatic heterocycles. The summed E-state index contributed by atoms with van der Waals surface area (Å²) < 4.78 is 11.3. The van der Waals surface area contributed by atoms with E-state index in [2.05, 4.69) is 16.4 Å². The molecule has 1 aliphatic rings. The molecule has 1 heterocycles. The Labute approximate surface area is 170 Å². The van der Waals surface area contributed by atoms with Crippen LogP contribution in [0.15, 0.2) is 67.0 Å². The van der Waals surface area contributed by atoms with E-state index in [9.17, 15) is 4.79 Å². The maximum atomic E-state index is 13.1. The first-order chi connectivity index (χ1) is 14.1. The van der Waals surface area contributed by atoms with Gasteiger partial charge in [0.05, 0.1) is 12.5 Å². The molecule has 0 atom stereocenters. The zero-order valence-electron chi connectivity index (χ0n) is 16.6. The van der Waals surface area contributed by atoms with Crippen molar-refractivity contribution in [1.82, 2.24) is 4.98 Å². The molecule has 1 N–H and O–H groups in total. The Balaban J connectivity index is 1.51. The predicted octanol–water partition coefficient (Wildman–Crippen LogP) is 4.65. The molecule has 0 radical (unpaired) electrons. The molecule has 1 saturated carbocycles. The van der Waals surface area contributed by atoms with Crippen LogP contribution in [-0.4, -0.2) is 18.0 Å². The number of pyridine rings is 1. The number of hydrogen-bond acceptors (Lipinski definition) is 4. The average molecular weight is 388 g/mol. The van der Waals surface area contributed by atoms with Gasteiger partial charge in [-0.25, -0.2) is 0 Å². The molecule has 0 aliphatic heterocycles. The summed E-state index contributed by atoms with van der Waals surface area (Å²) >= 11 is 0. The quantitative estimate of drug-likeness (QED) is 0.640. The summed E-state index contributed by atoms with van der Waals surface area (Å²) in [5.41, 5.74) is 3.47. The number of rotatable bonds is 7. The van der Waals surface area contributed by atoms with E-state index in [-0.39, 0.29) is 5.91 Å². The van der Waals surface area contributed by atoms with Crippen molar-refractivity contribution in [2.75, 3.05) is 12.4 Å².